The monoisotopic (exact) mass is 304 g/mol. The van der Waals surface area contributed by atoms with Gasteiger partial charge in [0.25, 0.3) is 0 Å². The van der Waals surface area contributed by atoms with Gasteiger partial charge >= 0.3 is 0 Å². The van der Waals surface area contributed by atoms with Crippen LogP contribution in [0.3, 0.4) is 0 Å². The van der Waals surface area contributed by atoms with Crippen molar-refractivity contribution in [2.75, 3.05) is 20.3 Å². The maximum Gasteiger partial charge on any atom is 0.242 e. The minimum atomic E-state index is -3.93. The molecule has 0 saturated carbocycles. The number of nitrogens with zero attached hydrogens (tertiary/aromatic N) is 1. The van der Waals surface area contributed by atoms with Gasteiger partial charge < -0.3 is 9.84 Å². The Morgan fingerprint density at radius 1 is 1.58 bits per heavy atom. The molecule has 1 rings (SSSR count). The molecule has 1 aromatic carbocycles. The molecule has 0 aromatic heterocycles. The van der Waals surface area contributed by atoms with E-state index in [0.29, 0.717) is 0 Å². The number of hydrogen-bond acceptors (Lipinski definition) is 5. The fourth-order valence-electron chi connectivity index (χ4n) is 1.39. The number of methoxy groups -OCH3 is 1. The Hall–Kier alpha value is -1.17. The highest BCUT2D eigenvalue weighted by atomic mass is 35.5. The molecule has 8 heteroatoms. The molecule has 0 heterocycles. The van der Waals surface area contributed by atoms with Gasteiger partial charge in [0.2, 0.25) is 10.0 Å². The Balaban J connectivity index is 3.10. The predicted molar refractivity (Wildman–Crippen MR) is 69.2 cm³/mol. The van der Waals surface area contributed by atoms with Crippen molar-refractivity contribution in [3.8, 4) is 6.07 Å². The summed E-state index contributed by atoms with van der Waals surface area (Å²) in [7, 11) is -2.54. The fourth-order valence-corrected chi connectivity index (χ4v) is 3.12. The van der Waals surface area contributed by atoms with Gasteiger partial charge in [-0.2, -0.15) is 5.26 Å². The lowest BCUT2D eigenvalue weighted by Gasteiger charge is -2.16. The Bertz CT molecular complexity index is 583. The van der Waals surface area contributed by atoms with Crippen LogP contribution >= 0.6 is 11.6 Å². The summed E-state index contributed by atoms with van der Waals surface area (Å²) in [4.78, 5) is -0.206. The third-order valence-electron chi connectivity index (χ3n) is 2.26. The van der Waals surface area contributed by atoms with Gasteiger partial charge in [0.1, 0.15) is 4.90 Å². The largest absolute Gasteiger partial charge is 0.395 e. The molecular weight excluding hydrogens is 292 g/mol. The fraction of sp³-hybridized carbons (Fsp3) is 0.364. The second-order valence-electron chi connectivity index (χ2n) is 3.71. The van der Waals surface area contributed by atoms with Gasteiger partial charge in [0.15, 0.2) is 0 Å². The molecule has 0 saturated heterocycles. The summed E-state index contributed by atoms with van der Waals surface area (Å²) in [6.07, 6.45) is 0. The first kappa shape index (κ1) is 15.9. The first-order valence-electron chi connectivity index (χ1n) is 5.26. The van der Waals surface area contributed by atoms with E-state index in [1.807, 2.05) is 6.07 Å². The van der Waals surface area contributed by atoms with E-state index in [-0.39, 0.29) is 22.1 Å². The molecule has 2 N–H and O–H groups in total. The van der Waals surface area contributed by atoms with E-state index in [2.05, 4.69) is 4.72 Å². The number of hydrogen-bond donors (Lipinski definition) is 2. The molecule has 0 aliphatic rings. The molecule has 0 fully saturated rings. The number of aliphatic hydroxyl groups excluding tert-OH is 1. The molecule has 0 amide bonds. The number of ether oxygens (including phenoxy) is 1. The van der Waals surface area contributed by atoms with Crippen molar-refractivity contribution in [2.45, 2.75) is 10.9 Å². The van der Waals surface area contributed by atoms with Crippen LogP contribution < -0.4 is 4.72 Å². The van der Waals surface area contributed by atoms with Crippen LogP contribution in [0, 0.1) is 11.3 Å². The number of halogens is 1. The van der Waals surface area contributed by atoms with Crippen molar-refractivity contribution >= 4 is 21.6 Å². The summed E-state index contributed by atoms with van der Waals surface area (Å²) < 4.78 is 31.2. The molecule has 0 bridgehead atoms. The minimum Gasteiger partial charge on any atom is -0.395 e. The first-order valence-corrected chi connectivity index (χ1v) is 7.12. The Labute approximate surface area is 116 Å². The summed E-state index contributed by atoms with van der Waals surface area (Å²) >= 11 is 5.82. The van der Waals surface area contributed by atoms with Crippen molar-refractivity contribution in [3.05, 3.63) is 28.8 Å². The SMILES string of the molecule is COCC(CO)NS(=O)(=O)c1cc(C#N)ccc1Cl. The molecule has 1 atom stereocenters. The van der Waals surface area contributed by atoms with E-state index in [1.165, 1.54) is 25.3 Å². The van der Waals surface area contributed by atoms with E-state index < -0.39 is 22.7 Å². The Kier molecular flexibility index (Phi) is 5.72. The van der Waals surface area contributed by atoms with Crippen molar-refractivity contribution in [2.24, 2.45) is 0 Å². The Morgan fingerprint density at radius 3 is 2.79 bits per heavy atom. The molecular formula is C11H13ClN2O4S. The van der Waals surface area contributed by atoms with Crippen molar-refractivity contribution in [1.29, 1.82) is 5.26 Å². The normalized spacial score (nSPS) is 12.9. The van der Waals surface area contributed by atoms with E-state index in [9.17, 15) is 8.42 Å². The van der Waals surface area contributed by atoms with Gasteiger partial charge in [0, 0.05) is 7.11 Å². The topological polar surface area (TPSA) is 99.4 Å². The molecule has 104 valence electrons. The van der Waals surface area contributed by atoms with Gasteiger partial charge in [-0.05, 0) is 18.2 Å². The smallest absolute Gasteiger partial charge is 0.242 e. The molecule has 0 radical (unpaired) electrons. The third-order valence-corrected chi connectivity index (χ3v) is 4.26. The molecule has 0 aliphatic heterocycles. The highest BCUT2D eigenvalue weighted by molar-refractivity contribution is 7.89. The molecule has 1 unspecified atom stereocenters. The maximum absolute atomic E-state index is 12.1. The van der Waals surface area contributed by atoms with Crippen molar-refractivity contribution in [3.63, 3.8) is 0 Å². The van der Waals surface area contributed by atoms with Crippen LogP contribution in [0.15, 0.2) is 23.1 Å². The van der Waals surface area contributed by atoms with Crippen LogP contribution in [-0.2, 0) is 14.8 Å². The number of nitriles is 1. The summed E-state index contributed by atoms with van der Waals surface area (Å²) in [5.41, 5.74) is 0.178. The van der Waals surface area contributed by atoms with Gasteiger partial charge in [0.05, 0.1) is 35.9 Å². The minimum absolute atomic E-state index is 0.000562. The predicted octanol–water partition coefficient (Wildman–Crippen LogP) is 0.497. The second-order valence-corrected chi connectivity index (χ2v) is 5.80. The second kappa shape index (κ2) is 6.84. The number of benzene rings is 1. The lowest BCUT2D eigenvalue weighted by Crippen LogP contribution is -2.40. The van der Waals surface area contributed by atoms with E-state index in [4.69, 9.17) is 26.7 Å². The molecule has 1 aromatic rings. The number of aliphatic hydroxyl groups is 1. The summed E-state index contributed by atoms with van der Waals surface area (Å²) in [6, 6.07) is 4.97. The van der Waals surface area contributed by atoms with Crippen LogP contribution in [-0.4, -0.2) is 39.9 Å². The van der Waals surface area contributed by atoms with Crippen molar-refractivity contribution < 1.29 is 18.3 Å². The molecule has 19 heavy (non-hydrogen) atoms. The highest BCUT2D eigenvalue weighted by Gasteiger charge is 2.22. The number of nitrogens with one attached hydrogen (secondary N) is 1. The van der Waals surface area contributed by atoms with Gasteiger partial charge in [-0.3, -0.25) is 0 Å². The average molecular weight is 305 g/mol. The maximum atomic E-state index is 12.1. The average Bonchev–Trinajstić information content (AvgIpc) is 2.38. The van der Waals surface area contributed by atoms with Crippen LogP contribution in [0.4, 0.5) is 0 Å². The van der Waals surface area contributed by atoms with Gasteiger partial charge in [-0.15, -0.1) is 0 Å². The zero-order valence-corrected chi connectivity index (χ0v) is 11.7. The van der Waals surface area contributed by atoms with Crippen LogP contribution in [0.2, 0.25) is 5.02 Å². The lowest BCUT2D eigenvalue weighted by molar-refractivity contribution is 0.139. The van der Waals surface area contributed by atoms with Crippen LogP contribution in [0.25, 0.3) is 0 Å². The quantitative estimate of drug-likeness (QED) is 0.797. The summed E-state index contributed by atoms with van der Waals surface area (Å²) in [5, 5.41) is 17.8. The van der Waals surface area contributed by atoms with Crippen LogP contribution in [0.5, 0.6) is 0 Å². The van der Waals surface area contributed by atoms with Gasteiger partial charge in [-0.1, -0.05) is 11.6 Å². The summed E-state index contributed by atoms with van der Waals surface area (Å²) in [6.45, 7) is -0.395. The molecule has 0 aliphatic carbocycles. The van der Waals surface area contributed by atoms with E-state index in [0.717, 1.165) is 0 Å². The van der Waals surface area contributed by atoms with E-state index in [1.54, 1.807) is 0 Å². The number of rotatable bonds is 6. The van der Waals surface area contributed by atoms with E-state index >= 15 is 0 Å². The summed E-state index contributed by atoms with van der Waals surface area (Å²) in [5.74, 6) is 0. The zero-order valence-electron chi connectivity index (χ0n) is 10.1. The van der Waals surface area contributed by atoms with Crippen LogP contribution in [0.1, 0.15) is 5.56 Å². The Morgan fingerprint density at radius 2 is 2.26 bits per heavy atom. The first-order chi connectivity index (χ1) is 8.94. The lowest BCUT2D eigenvalue weighted by atomic mass is 10.2. The number of sulfonamides is 1. The standard InChI is InChI=1S/C11H13ClN2O4S/c1-18-7-9(6-15)14-19(16,17)11-4-8(5-13)2-3-10(11)12/h2-4,9,14-15H,6-7H2,1H3. The van der Waals surface area contributed by atoms with Gasteiger partial charge in [-0.25, -0.2) is 13.1 Å². The molecule has 0 spiro atoms. The zero-order chi connectivity index (χ0) is 14.5. The third kappa shape index (κ3) is 4.16. The van der Waals surface area contributed by atoms with Crippen molar-refractivity contribution in [1.82, 2.24) is 4.72 Å². The molecule has 6 nitrogen and oxygen atoms in total. The highest BCUT2D eigenvalue weighted by Crippen LogP contribution is 2.22.